The highest BCUT2D eigenvalue weighted by molar-refractivity contribution is 6.04. The van der Waals surface area contributed by atoms with Crippen molar-refractivity contribution in [2.45, 2.75) is 26.2 Å². The van der Waals surface area contributed by atoms with E-state index in [2.05, 4.69) is 13.5 Å². The maximum absolute atomic E-state index is 11.7. The Kier molecular flexibility index (Phi) is 5.04. The van der Waals surface area contributed by atoms with Gasteiger partial charge in [-0.15, -0.1) is 0 Å². The zero-order chi connectivity index (χ0) is 15.2. The molecule has 21 heavy (non-hydrogen) atoms. The lowest BCUT2D eigenvalue weighted by atomic mass is 10.1. The van der Waals surface area contributed by atoms with Gasteiger partial charge in [0.15, 0.2) is 0 Å². The summed E-state index contributed by atoms with van der Waals surface area (Å²) in [4.78, 5) is 11.7. The van der Waals surface area contributed by atoms with Gasteiger partial charge >= 0.3 is 5.97 Å². The normalized spacial score (nSPS) is 10.6. The van der Waals surface area contributed by atoms with Crippen LogP contribution < -0.4 is 4.74 Å². The van der Waals surface area contributed by atoms with E-state index < -0.39 is 5.97 Å². The average molecular weight is 288 g/mol. The number of hydrogen-bond acceptors (Lipinski definition) is 4. The number of carbonyl (C=O) groups excluding carboxylic acids is 1. The summed E-state index contributed by atoms with van der Waals surface area (Å²) in [5.41, 5.74) is 1.21. The molecule has 0 aliphatic heterocycles. The minimum absolute atomic E-state index is 0.182. The molecule has 1 aromatic carbocycles. The first-order chi connectivity index (χ1) is 10.2. The lowest BCUT2D eigenvalue weighted by molar-refractivity contribution is 0.0559. The van der Waals surface area contributed by atoms with E-state index in [9.17, 15) is 4.79 Å². The van der Waals surface area contributed by atoms with E-state index in [1.54, 1.807) is 0 Å². The van der Waals surface area contributed by atoms with Gasteiger partial charge in [0.05, 0.1) is 19.1 Å². The molecule has 4 nitrogen and oxygen atoms in total. The maximum Gasteiger partial charge on any atom is 0.374 e. The minimum Gasteiger partial charge on any atom is -0.465 e. The van der Waals surface area contributed by atoms with Gasteiger partial charge in [0.25, 0.3) is 5.95 Å². The number of carbonyl (C=O) groups is 1. The van der Waals surface area contributed by atoms with Crippen LogP contribution in [0.2, 0.25) is 0 Å². The smallest absolute Gasteiger partial charge is 0.374 e. The van der Waals surface area contributed by atoms with Gasteiger partial charge < -0.3 is 13.9 Å². The summed E-state index contributed by atoms with van der Waals surface area (Å²) >= 11 is 0. The van der Waals surface area contributed by atoms with E-state index in [-0.39, 0.29) is 5.76 Å². The van der Waals surface area contributed by atoms with Crippen molar-refractivity contribution in [1.82, 2.24) is 0 Å². The summed E-state index contributed by atoms with van der Waals surface area (Å²) in [5.74, 6) is 0.0505. The van der Waals surface area contributed by atoms with Crippen molar-refractivity contribution in [1.29, 1.82) is 0 Å². The predicted octanol–water partition coefficient (Wildman–Crippen LogP) is 4.34. The molecule has 0 fully saturated rings. The quantitative estimate of drug-likeness (QED) is 0.432. The van der Waals surface area contributed by atoms with Crippen LogP contribution in [0.15, 0.2) is 40.8 Å². The van der Waals surface area contributed by atoms with Gasteiger partial charge in [-0.1, -0.05) is 37.3 Å². The fourth-order valence-corrected chi connectivity index (χ4v) is 2.08. The third-order valence-corrected chi connectivity index (χ3v) is 3.36. The second kappa shape index (κ2) is 6.97. The number of hydrogen-bond donors (Lipinski definition) is 0. The first-order valence-corrected chi connectivity index (χ1v) is 7.06. The van der Waals surface area contributed by atoms with E-state index in [0.717, 1.165) is 24.6 Å². The number of methoxy groups -OCH3 is 1. The molecule has 112 valence electrons. The molecule has 0 N–H and O–H groups in total. The van der Waals surface area contributed by atoms with Gasteiger partial charge in [0.1, 0.15) is 0 Å². The number of ether oxygens (including phenoxy) is 2. The molecule has 4 heteroatoms. The van der Waals surface area contributed by atoms with Crippen molar-refractivity contribution in [3.05, 3.63) is 42.2 Å². The van der Waals surface area contributed by atoms with Gasteiger partial charge in [-0.25, -0.2) is 4.79 Å². The Morgan fingerprint density at radius 2 is 2.00 bits per heavy atom. The summed E-state index contributed by atoms with van der Waals surface area (Å²) in [6, 6.07) is 7.41. The van der Waals surface area contributed by atoms with Crippen molar-refractivity contribution < 1.29 is 18.7 Å². The van der Waals surface area contributed by atoms with E-state index in [0.29, 0.717) is 17.9 Å². The molecule has 0 amide bonds. The molecule has 0 atom stereocenters. The van der Waals surface area contributed by atoms with Crippen LogP contribution in [0.3, 0.4) is 0 Å². The molecule has 0 saturated carbocycles. The SMILES string of the molecule is C=C(CC)CCCOc1oc(C(=O)OC)c2ccccc12. The average Bonchev–Trinajstić information content (AvgIpc) is 2.89. The molecule has 0 aliphatic carbocycles. The van der Waals surface area contributed by atoms with E-state index >= 15 is 0 Å². The lowest BCUT2D eigenvalue weighted by Gasteiger charge is -2.04. The molecule has 2 rings (SSSR count). The largest absolute Gasteiger partial charge is 0.465 e. The van der Waals surface area contributed by atoms with Crippen LogP contribution >= 0.6 is 0 Å². The number of allylic oxidation sites excluding steroid dienone is 1. The highest BCUT2D eigenvalue weighted by atomic mass is 16.6. The Balaban J connectivity index is 2.13. The van der Waals surface area contributed by atoms with Crippen molar-refractivity contribution in [2.75, 3.05) is 13.7 Å². The Morgan fingerprint density at radius 3 is 2.67 bits per heavy atom. The molecule has 0 radical (unpaired) electrons. The number of esters is 1. The molecule has 1 aromatic heterocycles. The van der Waals surface area contributed by atoms with Crippen LogP contribution in [0.5, 0.6) is 5.95 Å². The number of fused-ring (bicyclic) bond motifs is 1. The Bertz CT molecular complexity index is 639. The number of benzene rings is 1. The summed E-state index contributed by atoms with van der Waals surface area (Å²) in [7, 11) is 1.33. The predicted molar refractivity (Wildman–Crippen MR) is 81.7 cm³/mol. The fraction of sp³-hybridized carbons (Fsp3) is 0.353. The summed E-state index contributed by atoms with van der Waals surface area (Å²) < 4.78 is 15.9. The maximum atomic E-state index is 11.7. The molecule has 0 saturated heterocycles. The van der Waals surface area contributed by atoms with E-state index in [1.807, 2.05) is 24.3 Å². The molecule has 0 bridgehead atoms. The van der Waals surface area contributed by atoms with Crippen molar-refractivity contribution in [3.63, 3.8) is 0 Å². The molecule has 2 aromatic rings. The van der Waals surface area contributed by atoms with Crippen molar-refractivity contribution in [2.24, 2.45) is 0 Å². The summed E-state index contributed by atoms with van der Waals surface area (Å²) in [6.07, 6.45) is 2.78. The number of furan rings is 1. The van der Waals surface area contributed by atoms with Crippen LogP contribution in [0.1, 0.15) is 36.7 Å². The topological polar surface area (TPSA) is 48.7 Å². The van der Waals surface area contributed by atoms with Crippen molar-refractivity contribution >= 4 is 16.7 Å². The van der Waals surface area contributed by atoms with Gasteiger partial charge in [0.2, 0.25) is 5.76 Å². The van der Waals surface area contributed by atoms with Crippen LogP contribution in [0, 0.1) is 0 Å². The fourth-order valence-electron chi connectivity index (χ4n) is 2.08. The van der Waals surface area contributed by atoms with E-state index in [4.69, 9.17) is 13.9 Å². The van der Waals surface area contributed by atoms with Gasteiger partial charge in [-0.05, 0) is 25.3 Å². The first kappa shape index (κ1) is 15.2. The Hall–Kier alpha value is -2.23. The molecule has 0 spiro atoms. The summed E-state index contributed by atoms with van der Waals surface area (Å²) in [6.45, 7) is 6.58. The second-order valence-corrected chi connectivity index (χ2v) is 4.81. The zero-order valence-electron chi connectivity index (χ0n) is 12.5. The second-order valence-electron chi connectivity index (χ2n) is 4.81. The molecular formula is C17H20O4. The first-order valence-electron chi connectivity index (χ1n) is 7.06. The molecule has 0 aliphatic rings. The van der Waals surface area contributed by atoms with Gasteiger partial charge in [0, 0.05) is 5.39 Å². The van der Waals surface area contributed by atoms with Gasteiger partial charge in [-0.3, -0.25) is 0 Å². The minimum atomic E-state index is -0.500. The molecule has 0 unspecified atom stereocenters. The van der Waals surface area contributed by atoms with Crippen LogP contribution in [-0.2, 0) is 4.74 Å². The summed E-state index contributed by atoms with van der Waals surface area (Å²) in [5, 5.41) is 1.49. The highest BCUT2D eigenvalue weighted by Crippen LogP contribution is 2.32. The third-order valence-electron chi connectivity index (χ3n) is 3.36. The number of rotatable bonds is 7. The van der Waals surface area contributed by atoms with Crippen LogP contribution in [0.25, 0.3) is 10.8 Å². The third kappa shape index (κ3) is 3.45. The Labute approximate surface area is 124 Å². The van der Waals surface area contributed by atoms with Crippen LogP contribution in [0.4, 0.5) is 0 Å². The molecule has 1 heterocycles. The highest BCUT2D eigenvalue weighted by Gasteiger charge is 2.20. The standard InChI is InChI=1S/C17H20O4/c1-4-12(2)8-7-11-20-17-14-10-6-5-9-13(14)15(21-17)16(18)19-3/h5-6,9-10H,2,4,7-8,11H2,1,3H3. The zero-order valence-corrected chi connectivity index (χ0v) is 12.5. The lowest BCUT2D eigenvalue weighted by Crippen LogP contribution is -1.99. The van der Waals surface area contributed by atoms with Crippen LogP contribution in [-0.4, -0.2) is 19.7 Å². The van der Waals surface area contributed by atoms with Crippen molar-refractivity contribution in [3.8, 4) is 5.95 Å². The monoisotopic (exact) mass is 288 g/mol. The van der Waals surface area contributed by atoms with E-state index in [1.165, 1.54) is 12.7 Å². The molecular weight excluding hydrogens is 268 g/mol. The van der Waals surface area contributed by atoms with Gasteiger partial charge in [-0.2, -0.15) is 0 Å². The Morgan fingerprint density at radius 1 is 1.29 bits per heavy atom.